The van der Waals surface area contributed by atoms with Gasteiger partial charge in [-0.05, 0) is 40.5 Å². The Kier molecular flexibility index (Phi) is 3.24. The van der Waals surface area contributed by atoms with Crippen molar-refractivity contribution in [2.24, 2.45) is 0 Å². The predicted molar refractivity (Wildman–Crippen MR) is 64.6 cm³/mol. The van der Waals surface area contributed by atoms with Crippen molar-refractivity contribution in [2.45, 2.75) is 13.5 Å². The van der Waals surface area contributed by atoms with Gasteiger partial charge in [-0.25, -0.2) is 0 Å². The molecule has 0 N–H and O–H groups in total. The van der Waals surface area contributed by atoms with E-state index in [-0.39, 0.29) is 0 Å². The second-order valence-electron chi connectivity index (χ2n) is 3.46. The molecular formula is C11H12BrN3O. The summed E-state index contributed by atoms with van der Waals surface area (Å²) in [5.74, 6) is 0.848. The summed E-state index contributed by atoms with van der Waals surface area (Å²) in [6.07, 6.45) is 0. The quantitative estimate of drug-likeness (QED) is 0.868. The Bertz CT molecular complexity index is 476. The molecule has 0 amide bonds. The smallest absolute Gasteiger partial charge is 0.151 e. The lowest BCUT2D eigenvalue weighted by molar-refractivity contribution is 0.414. The number of rotatable bonds is 3. The molecule has 2 rings (SSSR count). The first-order valence-corrected chi connectivity index (χ1v) is 5.68. The Hall–Kier alpha value is -1.36. The van der Waals surface area contributed by atoms with E-state index >= 15 is 0 Å². The average Bonchev–Trinajstić information content (AvgIpc) is 2.58. The largest absolute Gasteiger partial charge is 0.497 e. The number of aromatic nitrogens is 3. The molecule has 0 radical (unpaired) electrons. The molecule has 16 heavy (non-hydrogen) atoms. The summed E-state index contributed by atoms with van der Waals surface area (Å²) in [5, 5.41) is 8.52. The maximum Gasteiger partial charge on any atom is 0.151 e. The van der Waals surface area contributed by atoms with E-state index in [1.165, 1.54) is 0 Å². The van der Waals surface area contributed by atoms with E-state index in [9.17, 15) is 0 Å². The van der Waals surface area contributed by atoms with Gasteiger partial charge in [-0.1, -0.05) is 12.1 Å². The van der Waals surface area contributed by atoms with E-state index in [4.69, 9.17) is 4.74 Å². The summed E-state index contributed by atoms with van der Waals surface area (Å²) < 4.78 is 5.95. The van der Waals surface area contributed by atoms with Crippen molar-refractivity contribution in [3.05, 3.63) is 40.1 Å². The lowest BCUT2D eigenvalue weighted by Crippen LogP contribution is -2.03. The minimum absolute atomic E-state index is 0.643. The average molecular weight is 282 g/mol. The zero-order valence-electron chi connectivity index (χ0n) is 9.14. The number of hydrogen-bond donors (Lipinski definition) is 0. The Morgan fingerprint density at radius 1 is 1.38 bits per heavy atom. The topological polar surface area (TPSA) is 39.9 Å². The first-order chi connectivity index (χ1) is 7.69. The Labute approximate surface area is 102 Å². The van der Waals surface area contributed by atoms with Crippen LogP contribution in [-0.4, -0.2) is 22.1 Å². The molecule has 1 aromatic carbocycles. The zero-order chi connectivity index (χ0) is 11.5. The standard InChI is InChI=1S/C11H12BrN3O/c1-8-11(12)14-15(13-8)7-9-4-3-5-10(6-9)16-2/h3-6H,7H2,1-2H3. The van der Waals surface area contributed by atoms with Gasteiger partial charge < -0.3 is 4.74 Å². The highest BCUT2D eigenvalue weighted by Gasteiger charge is 2.04. The molecule has 0 atom stereocenters. The Morgan fingerprint density at radius 2 is 2.19 bits per heavy atom. The Morgan fingerprint density at radius 3 is 2.81 bits per heavy atom. The Balaban J connectivity index is 2.20. The van der Waals surface area contributed by atoms with Gasteiger partial charge in [-0.15, -0.1) is 5.10 Å². The van der Waals surface area contributed by atoms with Gasteiger partial charge >= 0.3 is 0 Å². The highest BCUT2D eigenvalue weighted by atomic mass is 79.9. The lowest BCUT2D eigenvalue weighted by Gasteiger charge is -2.03. The van der Waals surface area contributed by atoms with Crippen molar-refractivity contribution in [2.75, 3.05) is 7.11 Å². The first kappa shape index (κ1) is 11.1. The maximum absolute atomic E-state index is 5.16. The number of methoxy groups -OCH3 is 1. The first-order valence-electron chi connectivity index (χ1n) is 4.89. The van der Waals surface area contributed by atoms with Crippen molar-refractivity contribution in [1.82, 2.24) is 15.0 Å². The summed E-state index contributed by atoms with van der Waals surface area (Å²) in [6, 6.07) is 7.88. The van der Waals surface area contributed by atoms with Crippen molar-refractivity contribution in [1.29, 1.82) is 0 Å². The van der Waals surface area contributed by atoms with Gasteiger partial charge in [0.15, 0.2) is 4.60 Å². The van der Waals surface area contributed by atoms with Crippen LogP contribution in [0.15, 0.2) is 28.9 Å². The summed E-state index contributed by atoms with van der Waals surface area (Å²) in [5.41, 5.74) is 2.00. The fourth-order valence-electron chi connectivity index (χ4n) is 1.42. The van der Waals surface area contributed by atoms with E-state index in [1.807, 2.05) is 31.2 Å². The van der Waals surface area contributed by atoms with E-state index in [0.717, 1.165) is 21.6 Å². The fourth-order valence-corrected chi connectivity index (χ4v) is 1.68. The molecule has 1 aromatic heterocycles. The monoisotopic (exact) mass is 281 g/mol. The molecule has 0 saturated heterocycles. The van der Waals surface area contributed by atoms with Crippen LogP contribution in [0.1, 0.15) is 11.3 Å². The predicted octanol–water partition coefficient (Wildman–Crippen LogP) is 2.41. The van der Waals surface area contributed by atoms with Gasteiger partial charge in [0.1, 0.15) is 5.75 Å². The van der Waals surface area contributed by atoms with Crippen LogP contribution in [-0.2, 0) is 6.54 Å². The fraction of sp³-hybridized carbons (Fsp3) is 0.273. The highest BCUT2D eigenvalue weighted by molar-refractivity contribution is 9.10. The third kappa shape index (κ3) is 2.41. The van der Waals surface area contributed by atoms with Crippen LogP contribution in [0.5, 0.6) is 5.75 Å². The van der Waals surface area contributed by atoms with Gasteiger partial charge in [0.25, 0.3) is 0 Å². The number of hydrogen-bond acceptors (Lipinski definition) is 3. The van der Waals surface area contributed by atoms with Crippen molar-refractivity contribution in [3.8, 4) is 5.75 Å². The second kappa shape index (κ2) is 4.65. The lowest BCUT2D eigenvalue weighted by atomic mass is 10.2. The molecule has 84 valence electrons. The molecule has 0 spiro atoms. The summed E-state index contributed by atoms with van der Waals surface area (Å²) in [7, 11) is 1.66. The summed E-state index contributed by atoms with van der Waals surface area (Å²) in [4.78, 5) is 1.66. The third-order valence-corrected chi connectivity index (χ3v) is 2.96. The molecule has 5 heteroatoms. The minimum Gasteiger partial charge on any atom is -0.497 e. The van der Waals surface area contributed by atoms with E-state index in [1.54, 1.807) is 11.9 Å². The van der Waals surface area contributed by atoms with Crippen LogP contribution < -0.4 is 4.74 Å². The normalized spacial score (nSPS) is 10.4. The van der Waals surface area contributed by atoms with Crippen LogP contribution >= 0.6 is 15.9 Å². The van der Waals surface area contributed by atoms with Crippen molar-refractivity contribution < 1.29 is 4.74 Å². The molecule has 0 aliphatic carbocycles. The zero-order valence-corrected chi connectivity index (χ0v) is 10.7. The van der Waals surface area contributed by atoms with Crippen LogP contribution in [0.2, 0.25) is 0 Å². The molecule has 0 bridgehead atoms. The van der Waals surface area contributed by atoms with Gasteiger partial charge in [-0.3, -0.25) is 0 Å². The van der Waals surface area contributed by atoms with Crippen LogP contribution in [0.25, 0.3) is 0 Å². The van der Waals surface area contributed by atoms with Crippen molar-refractivity contribution >= 4 is 15.9 Å². The number of nitrogens with zero attached hydrogens (tertiary/aromatic N) is 3. The van der Waals surface area contributed by atoms with Gasteiger partial charge in [0, 0.05) is 0 Å². The summed E-state index contributed by atoms with van der Waals surface area (Å²) in [6.45, 7) is 2.56. The molecule has 4 nitrogen and oxygen atoms in total. The molecular weight excluding hydrogens is 270 g/mol. The van der Waals surface area contributed by atoms with E-state index in [0.29, 0.717) is 6.54 Å². The number of halogens is 1. The van der Waals surface area contributed by atoms with Gasteiger partial charge in [0.2, 0.25) is 0 Å². The maximum atomic E-state index is 5.16. The van der Waals surface area contributed by atoms with Gasteiger partial charge in [0.05, 0.1) is 19.3 Å². The highest BCUT2D eigenvalue weighted by Crippen LogP contribution is 2.14. The minimum atomic E-state index is 0.643. The SMILES string of the molecule is COc1cccc(Cn2nc(C)c(Br)n2)c1. The summed E-state index contributed by atoms with van der Waals surface area (Å²) >= 11 is 3.34. The van der Waals surface area contributed by atoms with E-state index in [2.05, 4.69) is 26.1 Å². The van der Waals surface area contributed by atoms with Crippen molar-refractivity contribution in [3.63, 3.8) is 0 Å². The second-order valence-corrected chi connectivity index (χ2v) is 4.21. The molecule has 0 saturated carbocycles. The molecule has 0 fully saturated rings. The van der Waals surface area contributed by atoms with E-state index < -0.39 is 0 Å². The molecule has 0 aliphatic rings. The molecule has 1 heterocycles. The molecule has 0 unspecified atom stereocenters. The number of ether oxygens (including phenoxy) is 1. The van der Waals surface area contributed by atoms with Crippen LogP contribution in [0, 0.1) is 6.92 Å². The number of aryl methyl sites for hydroxylation is 1. The third-order valence-electron chi connectivity index (χ3n) is 2.23. The molecule has 2 aromatic rings. The number of benzene rings is 1. The molecule has 0 aliphatic heterocycles. The van der Waals surface area contributed by atoms with Crippen LogP contribution in [0.3, 0.4) is 0 Å². The van der Waals surface area contributed by atoms with Gasteiger partial charge in [-0.2, -0.15) is 9.90 Å². The van der Waals surface area contributed by atoms with Crippen LogP contribution in [0.4, 0.5) is 0 Å².